The average Bonchev–Trinajstić information content (AvgIpc) is 2.90. The summed E-state index contributed by atoms with van der Waals surface area (Å²) in [4.78, 5) is 19.2. The maximum atomic E-state index is 12.2. The molecule has 1 saturated heterocycles. The Hall–Kier alpha value is -1.40. The summed E-state index contributed by atoms with van der Waals surface area (Å²) < 4.78 is 5.26. The number of aromatic amines is 1. The predicted molar refractivity (Wildman–Crippen MR) is 62.0 cm³/mol. The number of H-pyrrole nitrogens is 1. The van der Waals surface area contributed by atoms with Crippen molar-refractivity contribution < 1.29 is 9.53 Å². The third-order valence-electron chi connectivity index (χ3n) is 3.31. The number of nitrogens with zero attached hydrogens (tertiary/aromatic N) is 1. The van der Waals surface area contributed by atoms with Crippen LogP contribution in [-0.2, 0) is 9.53 Å². The molecule has 2 rings (SSSR count). The first-order valence-corrected chi connectivity index (χ1v) is 5.67. The molecule has 1 aliphatic rings. The number of rotatable bonds is 3. The first-order chi connectivity index (χ1) is 8.04. The molecule has 94 valence electrons. The molecule has 4 N–H and O–H groups in total. The summed E-state index contributed by atoms with van der Waals surface area (Å²) in [5, 5.41) is 2.90. The Morgan fingerprint density at radius 1 is 1.82 bits per heavy atom. The summed E-state index contributed by atoms with van der Waals surface area (Å²) in [6.45, 7) is 4.50. The Labute approximate surface area is 99.9 Å². The minimum atomic E-state index is -0.652. The maximum absolute atomic E-state index is 12.2. The van der Waals surface area contributed by atoms with Crippen LogP contribution in [0.4, 0.5) is 0 Å². The fraction of sp³-hybridized carbons (Fsp3) is 0.636. The quantitative estimate of drug-likeness (QED) is 0.688. The van der Waals surface area contributed by atoms with Crippen molar-refractivity contribution in [2.24, 2.45) is 11.1 Å². The van der Waals surface area contributed by atoms with E-state index < -0.39 is 5.41 Å². The first kappa shape index (κ1) is 12.1. The zero-order valence-electron chi connectivity index (χ0n) is 10.1. The molecule has 6 nitrogen and oxygen atoms in total. The monoisotopic (exact) mass is 238 g/mol. The molecular formula is C11H18N4O2. The van der Waals surface area contributed by atoms with Gasteiger partial charge in [0.15, 0.2) is 0 Å². The number of amides is 1. The second-order valence-corrected chi connectivity index (χ2v) is 4.71. The zero-order chi connectivity index (χ0) is 12.5. The third kappa shape index (κ3) is 2.18. The fourth-order valence-electron chi connectivity index (χ4n) is 1.87. The number of ether oxygens (including phenoxy) is 1. The highest BCUT2D eigenvalue weighted by atomic mass is 16.5. The first-order valence-electron chi connectivity index (χ1n) is 5.67. The van der Waals surface area contributed by atoms with Gasteiger partial charge in [-0.1, -0.05) is 0 Å². The van der Waals surface area contributed by atoms with Gasteiger partial charge in [0.05, 0.1) is 24.7 Å². The van der Waals surface area contributed by atoms with Crippen molar-refractivity contribution in [1.29, 1.82) is 0 Å². The fourth-order valence-corrected chi connectivity index (χ4v) is 1.87. The molecule has 0 radical (unpaired) electrons. The SMILES string of the molecule is CC(NC(=O)C1(C)COCC1N)c1ncc[nH]1. The minimum absolute atomic E-state index is 0.0913. The van der Waals surface area contributed by atoms with Gasteiger partial charge in [0.1, 0.15) is 5.82 Å². The lowest BCUT2D eigenvalue weighted by Crippen LogP contribution is -2.50. The number of carbonyl (C=O) groups excluding carboxylic acids is 1. The molecule has 6 heteroatoms. The van der Waals surface area contributed by atoms with Crippen molar-refractivity contribution in [2.75, 3.05) is 13.2 Å². The van der Waals surface area contributed by atoms with Crippen molar-refractivity contribution in [3.63, 3.8) is 0 Å². The van der Waals surface area contributed by atoms with E-state index in [2.05, 4.69) is 15.3 Å². The smallest absolute Gasteiger partial charge is 0.230 e. The van der Waals surface area contributed by atoms with Gasteiger partial charge in [0.2, 0.25) is 5.91 Å². The highest BCUT2D eigenvalue weighted by Gasteiger charge is 2.44. The van der Waals surface area contributed by atoms with Gasteiger partial charge >= 0.3 is 0 Å². The van der Waals surface area contributed by atoms with E-state index in [0.29, 0.717) is 13.2 Å². The second-order valence-electron chi connectivity index (χ2n) is 4.71. The summed E-state index contributed by atoms with van der Waals surface area (Å²) in [5.41, 5.74) is 5.25. The van der Waals surface area contributed by atoms with E-state index in [9.17, 15) is 4.79 Å². The Morgan fingerprint density at radius 3 is 3.12 bits per heavy atom. The number of hydrogen-bond acceptors (Lipinski definition) is 4. The summed E-state index contributed by atoms with van der Waals surface area (Å²) >= 11 is 0. The Bertz CT molecular complexity index is 392. The van der Waals surface area contributed by atoms with Gasteiger partial charge in [-0.25, -0.2) is 4.98 Å². The molecule has 3 atom stereocenters. The molecule has 1 fully saturated rings. The molecule has 0 spiro atoms. The van der Waals surface area contributed by atoms with Gasteiger partial charge in [-0.15, -0.1) is 0 Å². The lowest BCUT2D eigenvalue weighted by atomic mass is 9.84. The number of hydrogen-bond donors (Lipinski definition) is 3. The standard InChI is InChI=1S/C11H18N4O2/c1-7(9-13-3-4-14-9)15-10(16)11(2)6-17-5-8(11)12/h3-4,7-8H,5-6,12H2,1-2H3,(H,13,14)(H,15,16). The maximum Gasteiger partial charge on any atom is 0.230 e. The van der Waals surface area contributed by atoms with Crippen molar-refractivity contribution in [2.45, 2.75) is 25.9 Å². The molecule has 0 bridgehead atoms. The molecule has 3 unspecified atom stereocenters. The number of imidazole rings is 1. The van der Waals surface area contributed by atoms with Crippen LogP contribution in [0.2, 0.25) is 0 Å². The van der Waals surface area contributed by atoms with Crippen LogP contribution in [0.5, 0.6) is 0 Å². The summed E-state index contributed by atoms with van der Waals surface area (Å²) in [7, 11) is 0. The number of carbonyl (C=O) groups is 1. The largest absolute Gasteiger partial charge is 0.379 e. The van der Waals surface area contributed by atoms with E-state index in [1.807, 2.05) is 13.8 Å². The van der Waals surface area contributed by atoms with Crippen LogP contribution in [0, 0.1) is 5.41 Å². The molecule has 0 aromatic carbocycles. The van der Waals surface area contributed by atoms with Crippen molar-refractivity contribution in [3.05, 3.63) is 18.2 Å². The zero-order valence-corrected chi connectivity index (χ0v) is 10.1. The molecule has 0 saturated carbocycles. The van der Waals surface area contributed by atoms with Crippen LogP contribution in [0.25, 0.3) is 0 Å². The normalized spacial score (nSPS) is 30.2. The Morgan fingerprint density at radius 2 is 2.59 bits per heavy atom. The van der Waals surface area contributed by atoms with Crippen LogP contribution >= 0.6 is 0 Å². The third-order valence-corrected chi connectivity index (χ3v) is 3.31. The molecule has 0 aliphatic carbocycles. The molecule has 1 aromatic rings. The molecule has 1 aliphatic heterocycles. The van der Waals surface area contributed by atoms with E-state index in [4.69, 9.17) is 10.5 Å². The predicted octanol–water partition coefficient (Wildman–Crippen LogP) is -0.0493. The van der Waals surface area contributed by atoms with E-state index >= 15 is 0 Å². The van der Waals surface area contributed by atoms with Gasteiger partial charge in [-0.2, -0.15) is 0 Å². The van der Waals surface area contributed by atoms with E-state index in [1.54, 1.807) is 12.4 Å². The highest BCUT2D eigenvalue weighted by Crippen LogP contribution is 2.28. The molecule has 2 heterocycles. The van der Waals surface area contributed by atoms with Crippen LogP contribution in [-0.4, -0.2) is 35.1 Å². The number of nitrogens with two attached hydrogens (primary N) is 1. The summed E-state index contributed by atoms with van der Waals surface area (Å²) in [6, 6.07) is -0.423. The summed E-state index contributed by atoms with van der Waals surface area (Å²) in [5.74, 6) is 0.640. The van der Waals surface area contributed by atoms with Gasteiger partial charge in [-0.3, -0.25) is 4.79 Å². The van der Waals surface area contributed by atoms with E-state index in [-0.39, 0.29) is 18.0 Å². The number of nitrogens with one attached hydrogen (secondary N) is 2. The van der Waals surface area contributed by atoms with Gasteiger partial charge in [0.25, 0.3) is 0 Å². The Balaban J connectivity index is 2.02. The summed E-state index contributed by atoms with van der Waals surface area (Å²) in [6.07, 6.45) is 3.38. The van der Waals surface area contributed by atoms with Crippen molar-refractivity contribution in [3.8, 4) is 0 Å². The van der Waals surface area contributed by atoms with Crippen LogP contribution in [0.1, 0.15) is 25.7 Å². The van der Waals surface area contributed by atoms with Gasteiger partial charge in [-0.05, 0) is 13.8 Å². The molecular weight excluding hydrogens is 220 g/mol. The van der Waals surface area contributed by atoms with Crippen molar-refractivity contribution >= 4 is 5.91 Å². The highest BCUT2D eigenvalue weighted by molar-refractivity contribution is 5.83. The van der Waals surface area contributed by atoms with Crippen LogP contribution in [0.15, 0.2) is 12.4 Å². The van der Waals surface area contributed by atoms with Crippen LogP contribution in [0.3, 0.4) is 0 Å². The lowest BCUT2D eigenvalue weighted by molar-refractivity contribution is -0.131. The second kappa shape index (κ2) is 4.46. The molecule has 17 heavy (non-hydrogen) atoms. The minimum Gasteiger partial charge on any atom is -0.379 e. The van der Waals surface area contributed by atoms with Gasteiger partial charge in [0, 0.05) is 18.4 Å². The lowest BCUT2D eigenvalue weighted by Gasteiger charge is -2.27. The topological polar surface area (TPSA) is 93.0 Å². The van der Waals surface area contributed by atoms with Crippen LogP contribution < -0.4 is 11.1 Å². The van der Waals surface area contributed by atoms with Gasteiger partial charge < -0.3 is 20.8 Å². The Kier molecular flexibility index (Phi) is 3.17. The molecule has 1 aromatic heterocycles. The average molecular weight is 238 g/mol. The molecule has 1 amide bonds. The number of aromatic nitrogens is 2. The van der Waals surface area contributed by atoms with E-state index in [1.165, 1.54) is 0 Å². The van der Waals surface area contributed by atoms with E-state index in [0.717, 1.165) is 5.82 Å². The van der Waals surface area contributed by atoms with Crippen molar-refractivity contribution in [1.82, 2.24) is 15.3 Å².